The van der Waals surface area contributed by atoms with E-state index in [0.717, 1.165) is 5.56 Å². The number of hydrogen-bond acceptors (Lipinski definition) is 3. The van der Waals surface area contributed by atoms with Gasteiger partial charge in [0.1, 0.15) is 11.8 Å². The molecule has 1 aromatic rings. The van der Waals surface area contributed by atoms with Crippen molar-refractivity contribution >= 4 is 17.6 Å². The van der Waals surface area contributed by atoms with Gasteiger partial charge in [0, 0.05) is 19.3 Å². The lowest BCUT2D eigenvalue weighted by Crippen LogP contribution is -2.44. The molecule has 0 spiro atoms. The number of primary amides is 1. The first-order valence-corrected chi connectivity index (χ1v) is 7.17. The van der Waals surface area contributed by atoms with Crippen LogP contribution in [-0.4, -0.2) is 23.6 Å². The number of benzene rings is 1. The van der Waals surface area contributed by atoms with E-state index in [9.17, 15) is 14.4 Å². The fourth-order valence-electron chi connectivity index (χ4n) is 1.94. The lowest BCUT2D eigenvalue weighted by molar-refractivity contribution is -0.128. The van der Waals surface area contributed by atoms with E-state index in [1.54, 1.807) is 6.92 Å². The van der Waals surface area contributed by atoms with E-state index in [-0.39, 0.29) is 31.0 Å². The molecule has 3 N–H and O–H groups in total. The number of rotatable bonds is 9. The molecule has 1 rings (SSSR count). The summed E-state index contributed by atoms with van der Waals surface area (Å²) in [6.07, 6.45) is 1.83. The zero-order valence-corrected chi connectivity index (χ0v) is 12.3. The normalized spacial score (nSPS) is 11.7. The molecule has 0 aromatic heterocycles. The summed E-state index contributed by atoms with van der Waals surface area (Å²) in [5.41, 5.74) is 6.31. The van der Waals surface area contributed by atoms with E-state index in [1.807, 2.05) is 30.3 Å². The predicted octanol–water partition coefficient (Wildman–Crippen LogP) is 1.35. The molecule has 5 nitrogen and oxygen atoms in total. The Balaban J connectivity index is 2.41. The topological polar surface area (TPSA) is 89.3 Å². The van der Waals surface area contributed by atoms with Gasteiger partial charge in [-0.05, 0) is 18.4 Å². The Morgan fingerprint density at radius 2 is 1.81 bits per heavy atom. The van der Waals surface area contributed by atoms with Crippen LogP contribution >= 0.6 is 0 Å². The van der Waals surface area contributed by atoms with Crippen molar-refractivity contribution in [1.82, 2.24) is 5.32 Å². The fraction of sp³-hybridized carbons (Fsp3) is 0.438. The van der Waals surface area contributed by atoms with Crippen LogP contribution < -0.4 is 11.1 Å². The quantitative estimate of drug-likeness (QED) is 0.719. The highest BCUT2D eigenvalue weighted by Gasteiger charge is 2.18. The molecule has 1 aromatic carbocycles. The first kappa shape index (κ1) is 16.9. The van der Waals surface area contributed by atoms with Crippen LogP contribution in [0.1, 0.15) is 38.2 Å². The molecule has 1 atom stereocenters. The Kier molecular flexibility index (Phi) is 7.15. The number of nitrogens with one attached hydrogen (secondary N) is 1. The maximum absolute atomic E-state index is 11.8. The predicted molar refractivity (Wildman–Crippen MR) is 80.4 cm³/mol. The van der Waals surface area contributed by atoms with Gasteiger partial charge in [-0.25, -0.2) is 0 Å². The first-order valence-electron chi connectivity index (χ1n) is 7.17. The van der Waals surface area contributed by atoms with Gasteiger partial charge in [-0.15, -0.1) is 0 Å². The molecule has 0 heterocycles. The summed E-state index contributed by atoms with van der Waals surface area (Å²) in [5.74, 6) is -0.779. The van der Waals surface area contributed by atoms with Crippen molar-refractivity contribution in [2.75, 3.05) is 0 Å². The molecule has 21 heavy (non-hydrogen) atoms. The van der Waals surface area contributed by atoms with E-state index in [4.69, 9.17) is 5.73 Å². The SMILES string of the molecule is CCC(=O)CC[C@H](NC(=O)CCc1ccccc1)C(N)=O. The van der Waals surface area contributed by atoms with E-state index >= 15 is 0 Å². The third-order valence-electron chi connectivity index (χ3n) is 3.27. The number of carbonyl (C=O) groups is 3. The maximum Gasteiger partial charge on any atom is 0.240 e. The zero-order chi connectivity index (χ0) is 15.7. The van der Waals surface area contributed by atoms with Gasteiger partial charge in [0.05, 0.1) is 0 Å². The molecule has 0 aliphatic heterocycles. The van der Waals surface area contributed by atoms with Crippen molar-refractivity contribution in [3.05, 3.63) is 35.9 Å². The van der Waals surface area contributed by atoms with Crippen molar-refractivity contribution in [2.24, 2.45) is 5.73 Å². The highest BCUT2D eigenvalue weighted by atomic mass is 16.2. The summed E-state index contributed by atoms with van der Waals surface area (Å²) >= 11 is 0. The van der Waals surface area contributed by atoms with E-state index in [1.165, 1.54) is 0 Å². The Labute approximate surface area is 124 Å². The maximum atomic E-state index is 11.8. The van der Waals surface area contributed by atoms with E-state index in [2.05, 4.69) is 5.32 Å². The smallest absolute Gasteiger partial charge is 0.240 e. The van der Waals surface area contributed by atoms with Crippen LogP contribution in [0.5, 0.6) is 0 Å². The van der Waals surface area contributed by atoms with Crippen molar-refractivity contribution in [2.45, 2.75) is 45.1 Å². The van der Waals surface area contributed by atoms with Crippen LogP contribution in [0.3, 0.4) is 0 Å². The zero-order valence-electron chi connectivity index (χ0n) is 12.3. The van der Waals surface area contributed by atoms with Crippen LogP contribution in [-0.2, 0) is 20.8 Å². The molecule has 0 radical (unpaired) electrons. The van der Waals surface area contributed by atoms with Crippen LogP contribution in [0, 0.1) is 0 Å². The number of ketones is 1. The molecule has 0 unspecified atom stereocenters. The minimum Gasteiger partial charge on any atom is -0.368 e. The van der Waals surface area contributed by atoms with Crippen LogP contribution in [0.15, 0.2) is 30.3 Å². The number of carbonyl (C=O) groups excluding carboxylic acids is 3. The standard InChI is InChI=1S/C16H22N2O3/c1-2-13(19)9-10-14(16(17)21)18-15(20)11-8-12-6-4-3-5-7-12/h3-7,14H,2,8-11H2,1H3,(H2,17,21)(H,18,20)/t14-/m0/s1. The van der Waals surface area contributed by atoms with Gasteiger partial charge >= 0.3 is 0 Å². The minimum atomic E-state index is -0.774. The molecular weight excluding hydrogens is 268 g/mol. The van der Waals surface area contributed by atoms with Gasteiger partial charge in [-0.2, -0.15) is 0 Å². The van der Waals surface area contributed by atoms with Crippen molar-refractivity contribution < 1.29 is 14.4 Å². The van der Waals surface area contributed by atoms with Gasteiger partial charge in [0.25, 0.3) is 0 Å². The largest absolute Gasteiger partial charge is 0.368 e. The second-order valence-electron chi connectivity index (χ2n) is 4.94. The Morgan fingerprint density at radius 3 is 2.38 bits per heavy atom. The van der Waals surface area contributed by atoms with Crippen LogP contribution in [0.4, 0.5) is 0 Å². The van der Waals surface area contributed by atoms with Gasteiger partial charge in [0.2, 0.25) is 11.8 Å². The Morgan fingerprint density at radius 1 is 1.14 bits per heavy atom. The van der Waals surface area contributed by atoms with E-state index < -0.39 is 11.9 Å². The molecule has 2 amide bonds. The molecule has 0 aliphatic carbocycles. The van der Waals surface area contributed by atoms with Gasteiger partial charge < -0.3 is 11.1 Å². The third-order valence-corrected chi connectivity index (χ3v) is 3.27. The summed E-state index contributed by atoms with van der Waals surface area (Å²) in [6.45, 7) is 1.76. The van der Waals surface area contributed by atoms with Crippen molar-refractivity contribution in [3.63, 3.8) is 0 Å². The number of hydrogen-bond donors (Lipinski definition) is 2. The number of Topliss-reactive ketones (excluding diaryl/α,β-unsaturated/α-hetero) is 1. The van der Waals surface area contributed by atoms with Crippen molar-refractivity contribution in [1.29, 1.82) is 0 Å². The van der Waals surface area contributed by atoms with Gasteiger partial charge in [0.15, 0.2) is 0 Å². The number of aryl methyl sites for hydroxylation is 1. The molecule has 5 heteroatoms. The second-order valence-corrected chi connectivity index (χ2v) is 4.94. The van der Waals surface area contributed by atoms with Crippen LogP contribution in [0.25, 0.3) is 0 Å². The Bertz CT molecular complexity index is 486. The summed E-state index contributed by atoms with van der Waals surface area (Å²) in [7, 11) is 0. The molecule has 0 saturated heterocycles. The number of amides is 2. The number of nitrogens with two attached hydrogens (primary N) is 1. The van der Waals surface area contributed by atoms with Crippen LogP contribution in [0.2, 0.25) is 0 Å². The summed E-state index contributed by atoms with van der Waals surface area (Å²) in [6, 6.07) is 8.85. The van der Waals surface area contributed by atoms with Crippen molar-refractivity contribution in [3.8, 4) is 0 Å². The monoisotopic (exact) mass is 290 g/mol. The molecule has 0 saturated carbocycles. The lowest BCUT2D eigenvalue weighted by atomic mass is 10.1. The van der Waals surface area contributed by atoms with E-state index in [0.29, 0.717) is 12.8 Å². The third kappa shape index (κ3) is 6.70. The fourth-order valence-corrected chi connectivity index (χ4v) is 1.94. The highest BCUT2D eigenvalue weighted by Crippen LogP contribution is 2.04. The second kappa shape index (κ2) is 8.89. The lowest BCUT2D eigenvalue weighted by Gasteiger charge is -2.15. The minimum absolute atomic E-state index is 0.0554. The molecule has 114 valence electrons. The average Bonchev–Trinajstić information content (AvgIpc) is 2.49. The molecule has 0 bridgehead atoms. The first-order chi connectivity index (χ1) is 10.0. The summed E-state index contributed by atoms with van der Waals surface area (Å²) in [4.78, 5) is 34.4. The van der Waals surface area contributed by atoms with Gasteiger partial charge in [-0.3, -0.25) is 14.4 Å². The summed E-state index contributed by atoms with van der Waals surface area (Å²) in [5, 5.41) is 2.60. The van der Waals surface area contributed by atoms with Gasteiger partial charge in [-0.1, -0.05) is 37.3 Å². The molecular formula is C16H22N2O3. The average molecular weight is 290 g/mol. The highest BCUT2D eigenvalue weighted by molar-refractivity contribution is 5.87. The summed E-state index contributed by atoms with van der Waals surface area (Å²) < 4.78 is 0. The Hall–Kier alpha value is -2.17. The molecule has 0 aliphatic rings. The molecule has 0 fully saturated rings.